The summed E-state index contributed by atoms with van der Waals surface area (Å²) in [6.07, 6.45) is 2.02. The standard InChI is InChI=1S/C20H25FN4O3S/c1-2-23(19-7-12-29(27,28)15-19)14-16(13-22)20(26)25-10-8-24(9-11-25)18-5-3-17(21)4-6-18/h3-6,14,19H,2,7-12,15H2,1H3/b16-14-. The zero-order chi connectivity index (χ0) is 21.0. The third-order valence-electron chi connectivity index (χ3n) is 5.45. The molecule has 2 aliphatic heterocycles. The minimum atomic E-state index is -3.05. The summed E-state index contributed by atoms with van der Waals surface area (Å²) in [4.78, 5) is 18.3. The van der Waals surface area contributed by atoms with Gasteiger partial charge in [0.05, 0.1) is 11.5 Å². The van der Waals surface area contributed by atoms with Crippen LogP contribution in [0, 0.1) is 17.1 Å². The fraction of sp³-hybridized carbons (Fsp3) is 0.500. The normalized spacial score (nSPS) is 21.7. The van der Waals surface area contributed by atoms with Crippen molar-refractivity contribution < 1.29 is 17.6 Å². The highest BCUT2D eigenvalue weighted by Crippen LogP contribution is 2.20. The number of amides is 1. The first-order valence-corrected chi connectivity index (χ1v) is 11.5. The van der Waals surface area contributed by atoms with Gasteiger partial charge >= 0.3 is 0 Å². The number of hydrogen-bond donors (Lipinski definition) is 0. The maximum Gasteiger partial charge on any atom is 0.266 e. The van der Waals surface area contributed by atoms with Crippen LogP contribution in [0.3, 0.4) is 0 Å². The van der Waals surface area contributed by atoms with Gasteiger partial charge in [-0.2, -0.15) is 5.26 Å². The van der Waals surface area contributed by atoms with E-state index >= 15 is 0 Å². The van der Waals surface area contributed by atoms with Crippen molar-refractivity contribution in [1.29, 1.82) is 5.26 Å². The van der Waals surface area contributed by atoms with Gasteiger partial charge in [0.25, 0.3) is 5.91 Å². The summed E-state index contributed by atoms with van der Waals surface area (Å²) in [5.74, 6) is -0.434. The summed E-state index contributed by atoms with van der Waals surface area (Å²) in [6, 6.07) is 8.02. The molecule has 2 saturated heterocycles. The number of halogens is 1. The predicted octanol–water partition coefficient (Wildman–Crippen LogP) is 1.39. The van der Waals surface area contributed by atoms with Gasteiger partial charge < -0.3 is 14.7 Å². The molecular formula is C20H25FN4O3S. The van der Waals surface area contributed by atoms with Crippen LogP contribution in [0.25, 0.3) is 0 Å². The molecule has 1 aromatic carbocycles. The molecule has 29 heavy (non-hydrogen) atoms. The molecule has 9 heteroatoms. The molecule has 2 heterocycles. The minimum absolute atomic E-state index is 0.0198. The van der Waals surface area contributed by atoms with Crippen molar-refractivity contribution >= 4 is 21.4 Å². The van der Waals surface area contributed by atoms with Gasteiger partial charge in [0.15, 0.2) is 9.84 Å². The molecular weight excluding hydrogens is 395 g/mol. The van der Waals surface area contributed by atoms with Gasteiger partial charge in [0, 0.05) is 50.7 Å². The average Bonchev–Trinajstić information content (AvgIpc) is 3.09. The summed E-state index contributed by atoms with van der Waals surface area (Å²) in [5, 5.41) is 9.52. The van der Waals surface area contributed by atoms with Gasteiger partial charge in [-0.25, -0.2) is 12.8 Å². The van der Waals surface area contributed by atoms with Crippen molar-refractivity contribution in [2.24, 2.45) is 0 Å². The van der Waals surface area contributed by atoms with E-state index in [1.54, 1.807) is 21.9 Å². The Kier molecular flexibility index (Phi) is 6.42. The monoisotopic (exact) mass is 420 g/mol. The van der Waals surface area contributed by atoms with Crippen LogP contribution in [0.4, 0.5) is 10.1 Å². The number of nitriles is 1. The van der Waals surface area contributed by atoms with Gasteiger partial charge in [-0.15, -0.1) is 0 Å². The van der Waals surface area contributed by atoms with E-state index in [2.05, 4.69) is 4.90 Å². The number of benzene rings is 1. The molecule has 0 radical (unpaired) electrons. The van der Waals surface area contributed by atoms with Crippen molar-refractivity contribution in [2.75, 3.05) is 49.1 Å². The SMILES string of the molecule is CCN(/C=C(/C#N)C(=O)N1CCN(c2ccc(F)cc2)CC1)C1CCS(=O)(=O)C1. The van der Waals surface area contributed by atoms with E-state index in [0.717, 1.165) is 5.69 Å². The van der Waals surface area contributed by atoms with E-state index in [-0.39, 0.29) is 34.8 Å². The summed E-state index contributed by atoms with van der Waals surface area (Å²) in [7, 11) is -3.05. The zero-order valence-corrected chi connectivity index (χ0v) is 17.2. The quantitative estimate of drug-likeness (QED) is 0.529. The first kappa shape index (κ1) is 21.1. The van der Waals surface area contributed by atoms with E-state index in [1.807, 2.05) is 13.0 Å². The lowest BCUT2D eigenvalue weighted by molar-refractivity contribution is -0.127. The van der Waals surface area contributed by atoms with Crippen LogP contribution in [-0.2, 0) is 14.6 Å². The largest absolute Gasteiger partial charge is 0.372 e. The third kappa shape index (κ3) is 5.07. The second-order valence-electron chi connectivity index (χ2n) is 7.30. The van der Waals surface area contributed by atoms with Crippen molar-refractivity contribution in [2.45, 2.75) is 19.4 Å². The van der Waals surface area contributed by atoms with Crippen LogP contribution in [0.2, 0.25) is 0 Å². The molecule has 1 atom stereocenters. The number of rotatable bonds is 5. The van der Waals surface area contributed by atoms with Crippen LogP contribution in [0.15, 0.2) is 36.0 Å². The van der Waals surface area contributed by atoms with E-state index in [0.29, 0.717) is 39.1 Å². The van der Waals surface area contributed by atoms with Gasteiger partial charge in [-0.05, 0) is 37.6 Å². The Balaban J connectivity index is 1.64. The zero-order valence-electron chi connectivity index (χ0n) is 16.4. The number of hydrogen-bond acceptors (Lipinski definition) is 6. The smallest absolute Gasteiger partial charge is 0.266 e. The Hall–Kier alpha value is -2.60. The first-order chi connectivity index (χ1) is 13.8. The molecule has 0 spiro atoms. The molecule has 1 amide bonds. The summed E-state index contributed by atoms with van der Waals surface area (Å²) in [6.45, 7) is 4.50. The summed E-state index contributed by atoms with van der Waals surface area (Å²) >= 11 is 0. The Labute approximate surface area is 170 Å². The molecule has 0 N–H and O–H groups in total. The molecule has 0 aromatic heterocycles. The van der Waals surface area contributed by atoms with E-state index < -0.39 is 9.84 Å². The van der Waals surface area contributed by atoms with E-state index in [9.17, 15) is 22.9 Å². The highest BCUT2D eigenvalue weighted by Gasteiger charge is 2.32. The lowest BCUT2D eigenvalue weighted by Crippen LogP contribution is -2.49. The molecule has 3 rings (SSSR count). The highest BCUT2D eigenvalue weighted by molar-refractivity contribution is 7.91. The topological polar surface area (TPSA) is 84.7 Å². The number of piperazine rings is 1. The van der Waals surface area contributed by atoms with Gasteiger partial charge in [0.2, 0.25) is 0 Å². The summed E-state index contributed by atoms with van der Waals surface area (Å²) < 4.78 is 36.6. The highest BCUT2D eigenvalue weighted by atomic mass is 32.2. The van der Waals surface area contributed by atoms with Gasteiger partial charge in [-0.1, -0.05) is 0 Å². The second-order valence-corrected chi connectivity index (χ2v) is 9.53. The Bertz CT molecular complexity index is 916. The Morgan fingerprint density at radius 1 is 1.28 bits per heavy atom. The van der Waals surface area contributed by atoms with Crippen LogP contribution < -0.4 is 4.90 Å². The fourth-order valence-electron chi connectivity index (χ4n) is 3.78. The number of anilines is 1. The van der Waals surface area contributed by atoms with Gasteiger partial charge in [-0.3, -0.25) is 4.79 Å². The minimum Gasteiger partial charge on any atom is -0.372 e. The Morgan fingerprint density at radius 3 is 2.45 bits per heavy atom. The van der Waals surface area contributed by atoms with Crippen LogP contribution >= 0.6 is 0 Å². The molecule has 0 bridgehead atoms. The molecule has 2 aliphatic rings. The second kappa shape index (κ2) is 8.82. The Morgan fingerprint density at radius 2 is 1.93 bits per heavy atom. The number of carbonyl (C=O) groups excluding carboxylic acids is 1. The van der Waals surface area contributed by atoms with Crippen molar-refractivity contribution in [3.63, 3.8) is 0 Å². The first-order valence-electron chi connectivity index (χ1n) is 9.71. The van der Waals surface area contributed by atoms with Crippen molar-refractivity contribution in [3.8, 4) is 6.07 Å². The van der Waals surface area contributed by atoms with Crippen LogP contribution in [0.5, 0.6) is 0 Å². The maximum atomic E-state index is 13.1. The van der Waals surface area contributed by atoms with Crippen LogP contribution in [-0.4, -0.2) is 74.4 Å². The molecule has 7 nitrogen and oxygen atoms in total. The predicted molar refractivity (Wildman–Crippen MR) is 108 cm³/mol. The maximum absolute atomic E-state index is 13.1. The van der Waals surface area contributed by atoms with Crippen molar-refractivity contribution in [1.82, 2.24) is 9.80 Å². The average molecular weight is 421 g/mol. The molecule has 0 aliphatic carbocycles. The molecule has 1 unspecified atom stereocenters. The summed E-state index contributed by atoms with van der Waals surface area (Å²) in [5.41, 5.74) is 0.917. The lowest BCUT2D eigenvalue weighted by Gasteiger charge is -2.36. The third-order valence-corrected chi connectivity index (χ3v) is 7.20. The molecule has 2 fully saturated rings. The molecule has 0 saturated carbocycles. The van der Waals surface area contributed by atoms with Crippen molar-refractivity contribution in [3.05, 3.63) is 41.9 Å². The number of sulfone groups is 1. The van der Waals surface area contributed by atoms with E-state index in [4.69, 9.17) is 0 Å². The van der Waals surface area contributed by atoms with Crippen LogP contribution in [0.1, 0.15) is 13.3 Å². The van der Waals surface area contributed by atoms with Gasteiger partial charge in [0.1, 0.15) is 17.5 Å². The molecule has 1 aromatic rings. The molecule has 156 valence electrons. The number of carbonyl (C=O) groups is 1. The van der Waals surface area contributed by atoms with E-state index in [1.165, 1.54) is 18.3 Å². The number of nitrogens with zero attached hydrogens (tertiary/aromatic N) is 4. The lowest BCUT2D eigenvalue weighted by atomic mass is 10.2. The fourth-order valence-corrected chi connectivity index (χ4v) is 5.52.